The molecule has 2 aliphatic rings. The number of carbonyl (C=O) groups excluding carboxylic acids is 1. The highest BCUT2D eigenvalue weighted by Crippen LogP contribution is 2.21. The SMILES string of the molecule is CCNC(=NCc1ccc(N2CCCC2=O)cc1)NCCOCC1CCCO1. The lowest BCUT2D eigenvalue weighted by Gasteiger charge is -2.16. The Kier molecular flexibility index (Phi) is 8.11. The molecule has 2 saturated heterocycles. The largest absolute Gasteiger partial charge is 0.377 e. The van der Waals surface area contributed by atoms with E-state index in [-0.39, 0.29) is 12.0 Å². The Morgan fingerprint density at radius 3 is 2.82 bits per heavy atom. The molecule has 0 spiro atoms. The van der Waals surface area contributed by atoms with E-state index in [0.717, 1.165) is 56.2 Å². The molecule has 0 aromatic heterocycles. The van der Waals surface area contributed by atoms with E-state index >= 15 is 0 Å². The molecule has 1 amide bonds. The number of hydrogen-bond donors (Lipinski definition) is 2. The molecule has 0 aliphatic carbocycles. The van der Waals surface area contributed by atoms with Gasteiger partial charge in [-0.2, -0.15) is 0 Å². The second-order valence-corrected chi connectivity index (χ2v) is 7.15. The Morgan fingerprint density at radius 2 is 2.14 bits per heavy atom. The third kappa shape index (κ3) is 6.21. The second kappa shape index (κ2) is 11.0. The first-order valence-electron chi connectivity index (χ1n) is 10.4. The molecule has 2 aliphatic heterocycles. The van der Waals surface area contributed by atoms with E-state index in [9.17, 15) is 4.79 Å². The average molecular weight is 389 g/mol. The lowest BCUT2D eigenvalue weighted by atomic mass is 10.2. The molecule has 154 valence electrons. The Morgan fingerprint density at radius 1 is 1.29 bits per heavy atom. The van der Waals surface area contributed by atoms with Gasteiger partial charge in [0.2, 0.25) is 5.91 Å². The van der Waals surface area contributed by atoms with Gasteiger partial charge < -0.3 is 25.0 Å². The van der Waals surface area contributed by atoms with E-state index in [2.05, 4.69) is 15.6 Å². The number of guanidine groups is 1. The van der Waals surface area contributed by atoms with Crippen molar-refractivity contribution in [3.8, 4) is 0 Å². The summed E-state index contributed by atoms with van der Waals surface area (Å²) in [6.45, 7) is 7.11. The second-order valence-electron chi connectivity index (χ2n) is 7.15. The van der Waals surface area contributed by atoms with Crippen LogP contribution < -0.4 is 15.5 Å². The Balaban J connectivity index is 1.42. The van der Waals surface area contributed by atoms with Crippen LogP contribution in [0.3, 0.4) is 0 Å². The molecular weight excluding hydrogens is 356 g/mol. The third-order valence-electron chi connectivity index (χ3n) is 4.95. The predicted octanol–water partition coefficient (Wildman–Crippen LogP) is 2.06. The molecule has 7 heteroatoms. The van der Waals surface area contributed by atoms with E-state index in [1.165, 1.54) is 0 Å². The van der Waals surface area contributed by atoms with Crippen molar-refractivity contribution in [3.63, 3.8) is 0 Å². The predicted molar refractivity (Wildman–Crippen MR) is 111 cm³/mol. The molecule has 1 aromatic carbocycles. The van der Waals surface area contributed by atoms with E-state index in [1.807, 2.05) is 36.1 Å². The number of benzene rings is 1. The van der Waals surface area contributed by atoms with Crippen LogP contribution in [-0.4, -0.2) is 57.4 Å². The summed E-state index contributed by atoms with van der Waals surface area (Å²) in [5, 5.41) is 6.55. The number of aliphatic imine (C=N–C) groups is 1. The number of hydrogen-bond acceptors (Lipinski definition) is 4. The minimum Gasteiger partial charge on any atom is -0.377 e. The van der Waals surface area contributed by atoms with Gasteiger partial charge >= 0.3 is 0 Å². The number of carbonyl (C=O) groups is 1. The van der Waals surface area contributed by atoms with Gasteiger partial charge in [-0.05, 0) is 43.9 Å². The van der Waals surface area contributed by atoms with Crippen molar-refractivity contribution in [1.29, 1.82) is 0 Å². The molecule has 28 heavy (non-hydrogen) atoms. The van der Waals surface area contributed by atoms with Gasteiger partial charge in [-0.1, -0.05) is 12.1 Å². The van der Waals surface area contributed by atoms with Gasteiger partial charge in [0.25, 0.3) is 0 Å². The zero-order valence-electron chi connectivity index (χ0n) is 16.8. The van der Waals surface area contributed by atoms with Crippen molar-refractivity contribution in [2.24, 2.45) is 4.99 Å². The van der Waals surface area contributed by atoms with Gasteiger partial charge in [0, 0.05) is 38.3 Å². The van der Waals surface area contributed by atoms with Crippen LogP contribution in [0.5, 0.6) is 0 Å². The Bertz CT molecular complexity index is 642. The average Bonchev–Trinajstić information content (AvgIpc) is 3.38. The van der Waals surface area contributed by atoms with Crippen LogP contribution in [-0.2, 0) is 20.8 Å². The van der Waals surface area contributed by atoms with E-state index < -0.39 is 0 Å². The fraction of sp³-hybridized carbons (Fsp3) is 0.619. The van der Waals surface area contributed by atoms with E-state index in [0.29, 0.717) is 32.7 Å². The van der Waals surface area contributed by atoms with Gasteiger partial charge in [0.05, 0.1) is 25.9 Å². The van der Waals surface area contributed by atoms with Crippen LogP contribution in [0.25, 0.3) is 0 Å². The number of rotatable bonds is 9. The van der Waals surface area contributed by atoms with Crippen molar-refractivity contribution in [2.45, 2.75) is 45.3 Å². The number of anilines is 1. The number of nitrogens with zero attached hydrogens (tertiary/aromatic N) is 2. The van der Waals surface area contributed by atoms with Crippen molar-refractivity contribution in [1.82, 2.24) is 10.6 Å². The summed E-state index contributed by atoms with van der Waals surface area (Å²) in [6.07, 6.45) is 4.10. The highest BCUT2D eigenvalue weighted by Gasteiger charge is 2.21. The first-order chi connectivity index (χ1) is 13.8. The summed E-state index contributed by atoms with van der Waals surface area (Å²) in [6, 6.07) is 8.10. The van der Waals surface area contributed by atoms with Crippen molar-refractivity contribution < 1.29 is 14.3 Å². The van der Waals surface area contributed by atoms with Crippen molar-refractivity contribution in [3.05, 3.63) is 29.8 Å². The fourth-order valence-electron chi connectivity index (χ4n) is 3.45. The van der Waals surface area contributed by atoms with E-state index in [4.69, 9.17) is 9.47 Å². The molecule has 2 N–H and O–H groups in total. The summed E-state index contributed by atoms with van der Waals surface area (Å²) in [5.41, 5.74) is 2.09. The number of amides is 1. The van der Waals surface area contributed by atoms with Crippen LogP contribution in [0, 0.1) is 0 Å². The molecule has 2 fully saturated rings. The van der Waals surface area contributed by atoms with Crippen LogP contribution in [0.1, 0.15) is 38.2 Å². The topological polar surface area (TPSA) is 75.2 Å². The lowest BCUT2D eigenvalue weighted by molar-refractivity contribution is -0.117. The first kappa shape index (κ1) is 20.6. The molecule has 0 radical (unpaired) electrons. The highest BCUT2D eigenvalue weighted by atomic mass is 16.5. The lowest BCUT2D eigenvalue weighted by Crippen LogP contribution is -2.39. The van der Waals surface area contributed by atoms with E-state index in [1.54, 1.807) is 0 Å². The van der Waals surface area contributed by atoms with Gasteiger partial charge in [0.1, 0.15) is 0 Å². The first-order valence-corrected chi connectivity index (χ1v) is 10.4. The zero-order valence-corrected chi connectivity index (χ0v) is 16.8. The maximum absolute atomic E-state index is 11.8. The molecule has 1 unspecified atom stereocenters. The molecule has 1 aromatic rings. The summed E-state index contributed by atoms with van der Waals surface area (Å²) in [5.74, 6) is 0.994. The minimum absolute atomic E-state index is 0.214. The molecule has 1 atom stereocenters. The standard InChI is InChI=1S/C21H32N4O3/c1-2-22-21(23-11-14-27-16-19-5-4-13-28-19)24-15-17-7-9-18(10-8-17)25-12-3-6-20(25)26/h7-10,19H,2-6,11-16H2,1H3,(H2,22,23,24). The quantitative estimate of drug-likeness (QED) is 0.385. The van der Waals surface area contributed by atoms with Crippen molar-refractivity contribution in [2.75, 3.05) is 44.4 Å². The molecule has 7 nitrogen and oxygen atoms in total. The number of nitrogens with one attached hydrogen (secondary N) is 2. The highest BCUT2D eigenvalue weighted by molar-refractivity contribution is 5.95. The molecular formula is C21H32N4O3. The Hall–Kier alpha value is -2.12. The number of ether oxygens (including phenoxy) is 2. The molecule has 3 rings (SSSR count). The summed E-state index contributed by atoms with van der Waals surface area (Å²) in [7, 11) is 0. The molecule has 2 heterocycles. The van der Waals surface area contributed by atoms with Crippen LogP contribution >= 0.6 is 0 Å². The molecule has 0 saturated carbocycles. The monoisotopic (exact) mass is 388 g/mol. The maximum atomic E-state index is 11.8. The van der Waals surface area contributed by atoms with Gasteiger partial charge in [-0.25, -0.2) is 4.99 Å². The Labute approximate surface area is 167 Å². The normalized spacial score (nSPS) is 20.0. The van der Waals surface area contributed by atoms with Gasteiger partial charge in [0.15, 0.2) is 5.96 Å². The summed E-state index contributed by atoms with van der Waals surface area (Å²) < 4.78 is 11.2. The fourth-order valence-corrected chi connectivity index (χ4v) is 3.45. The zero-order chi connectivity index (χ0) is 19.6. The smallest absolute Gasteiger partial charge is 0.227 e. The summed E-state index contributed by atoms with van der Waals surface area (Å²) in [4.78, 5) is 18.3. The van der Waals surface area contributed by atoms with Crippen LogP contribution in [0.4, 0.5) is 5.69 Å². The maximum Gasteiger partial charge on any atom is 0.227 e. The van der Waals surface area contributed by atoms with Crippen molar-refractivity contribution >= 4 is 17.6 Å². The van der Waals surface area contributed by atoms with Gasteiger partial charge in [-0.15, -0.1) is 0 Å². The van der Waals surface area contributed by atoms with Crippen LogP contribution in [0.15, 0.2) is 29.3 Å². The van der Waals surface area contributed by atoms with Crippen LogP contribution in [0.2, 0.25) is 0 Å². The molecule has 0 bridgehead atoms. The third-order valence-corrected chi connectivity index (χ3v) is 4.95. The summed E-state index contributed by atoms with van der Waals surface area (Å²) >= 11 is 0. The van der Waals surface area contributed by atoms with Gasteiger partial charge in [-0.3, -0.25) is 4.79 Å². The minimum atomic E-state index is 0.214.